The predicted molar refractivity (Wildman–Crippen MR) is 68.5 cm³/mol. The van der Waals surface area contributed by atoms with Gasteiger partial charge in [-0.05, 0) is 30.3 Å². The summed E-state index contributed by atoms with van der Waals surface area (Å²) in [5.74, 6) is -7.20. The van der Waals surface area contributed by atoms with Gasteiger partial charge in [-0.25, -0.2) is 26.0 Å². The Balaban J connectivity index is 2.48. The topological polar surface area (TPSA) is 46.2 Å². The SMILES string of the molecule is O=S(=O)(Nc1cc(F)cc(C(F)(F)F)c1)c1ccc(F)c(F)c1F. The summed E-state index contributed by atoms with van der Waals surface area (Å²) < 4.78 is 116. The Morgan fingerprint density at radius 2 is 1.50 bits per heavy atom. The largest absolute Gasteiger partial charge is 0.416 e. The van der Waals surface area contributed by atoms with Gasteiger partial charge in [0.05, 0.1) is 11.3 Å². The first-order valence-electron chi connectivity index (χ1n) is 5.96. The van der Waals surface area contributed by atoms with Gasteiger partial charge in [0, 0.05) is 0 Å². The van der Waals surface area contributed by atoms with Crippen LogP contribution in [0.5, 0.6) is 0 Å². The normalized spacial score (nSPS) is 12.3. The molecule has 0 saturated heterocycles. The van der Waals surface area contributed by atoms with E-state index in [0.29, 0.717) is 18.2 Å². The van der Waals surface area contributed by atoms with Crippen molar-refractivity contribution in [3.63, 3.8) is 0 Å². The predicted octanol–water partition coefficient (Wildman–Crippen LogP) is 4.06. The molecule has 2 aromatic rings. The van der Waals surface area contributed by atoms with Crippen molar-refractivity contribution >= 4 is 15.7 Å². The molecule has 2 aromatic carbocycles. The van der Waals surface area contributed by atoms with Gasteiger partial charge in [-0.1, -0.05) is 0 Å². The number of anilines is 1. The highest BCUT2D eigenvalue weighted by atomic mass is 32.2. The third kappa shape index (κ3) is 3.61. The minimum absolute atomic E-state index is 0.121. The molecule has 0 atom stereocenters. The molecule has 0 aliphatic heterocycles. The van der Waals surface area contributed by atoms with E-state index < -0.39 is 55.6 Å². The third-order valence-electron chi connectivity index (χ3n) is 2.77. The third-order valence-corrected chi connectivity index (χ3v) is 4.17. The molecular formula is C13H6F7NO2S. The summed E-state index contributed by atoms with van der Waals surface area (Å²) in [7, 11) is -4.93. The Bertz CT molecular complexity index is 894. The van der Waals surface area contributed by atoms with Gasteiger partial charge in [0.2, 0.25) is 0 Å². The van der Waals surface area contributed by atoms with Gasteiger partial charge < -0.3 is 0 Å². The maximum absolute atomic E-state index is 13.5. The molecule has 0 unspecified atom stereocenters. The monoisotopic (exact) mass is 373 g/mol. The molecule has 0 aliphatic rings. The van der Waals surface area contributed by atoms with E-state index >= 15 is 0 Å². The van der Waals surface area contributed by atoms with Gasteiger partial charge >= 0.3 is 6.18 Å². The average Bonchev–Trinajstić information content (AvgIpc) is 2.42. The maximum Gasteiger partial charge on any atom is 0.416 e. The molecule has 0 aliphatic carbocycles. The van der Waals surface area contributed by atoms with Crippen LogP contribution in [0, 0.1) is 23.3 Å². The molecular weight excluding hydrogens is 367 g/mol. The van der Waals surface area contributed by atoms with Crippen LogP contribution in [0.15, 0.2) is 35.2 Å². The van der Waals surface area contributed by atoms with Crippen LogP contribution in [0.25, 0.3) is 0 Å². The van der Waals surface area contributed by atoms with Crippen LogP contribution in [0.2, 0.25) is 0 Å². The highest BCUT2D eigenvalue weighted by Crippen LogP contribution is 2.32. The average molecular weight is 373 g/mol. The zero-order valence-electron chi connectivity index (χ0n) is 11.3. The van der Waals surface area contributed by atoms with E-state index in [2.05, 4.69) is 0 Å². The van der Waals surface area contributed by atoms with Gasteiger partial charge in [-0.3, -0.25) is 4.72 Å². The molecule has 0 fully saturated rings. The summed E-state index contributed by atoms with van der Waals surface area (Å²) in [4.78, 5) is -1.35. The van der Waals surface area contributed by atoms with Crippen molar-refractivity contribution in [3.05, 3.63) is 59.2 Å². The van der Waals surface area contributed by atoms with Crippen LogP contribution in [0.1, 0.15) is 5.56 Å². The Morgan fingerprint density at radius 3 is 2.08 bits per heavy atom. The molecule has 1 N–H and O–H groups in total. The summed E-state index contributed by atoms with van der Waals surface area (Å²) in [6.45, 7) is 0. The van der Waals surface area contributed by atoms with Crippen molar-refractivity contribution in [2.24, 2.45) is 0 Å². The lowest BCUT2D eigenvalue weighted by Gasteiger charge is -2.12. The van der Waals surface area contributed by atoms with Crippen LogP contribution in [-0.2, 0) is 16.2 Å². The number of hydrogen-bond acceptors (Lipinski definition) is 2. The molecule has 0 saturated carbocycles. The molecule has 2 rings (SSSR count). The van der Waals surface area contributed by atoms with Gasteiger partial charge in [0.25, 0.3) is 10.0 Å². The highest BCUT2D eigenvalue weighted by molar-refractivity contribution is 7.92. The fourth-order valence-electron chi connectivity index (χ4n) is 1.74. The molecule has 11 heteroatoms. The van der Waals surface area contributed by atoms with Crippen LogP contribution in [-0.4, -0.2) is 8.42 Å². The lowest BCUT2D eigenvalue weighted by atomic mass is 10.2. The minimum Gasteiger partial charge on any atom is -0.279 e. The summed E-state index contributed by atoms with van der Waals surface area (Å²) in [6, 6.07) is 1.48. The number of nitrogens with one attached hydrogen (secondary N) is 1. The summed E-state index contributed by atoms with van der Waals surface area (Å²) >= 11 is 0. The first-order valence-corrected chi connectivity index (χ1v) is 7.44. The summed E-state index contributed by atoms with van der Waals surface area (Å²) in [5, 5.41) is 0. The van der Waals surface area contributed by atoms with E-state index in [0.717, 1.165) is 0 Å². The Labute approximate surface area is 130 Å². The first-order chi connectivity index (χ1) is 10.9. The Kier molecular flexibility index (Phi) is 4.48. The molecule has 3 nitrogen and oxygen atoms in total. The van der Waals surface area contributed by atoms with Crippen molar-refractivity contribution in [1.29, 1.82) is 0 Å². The molecule has 0 amide bonds. The maximum atomic E-state index is 13.5. The molecule has 130 valence electrons. The van der Waals surface area contributed by atoms with Crippen molar-refractivity contribution in [1.82, 2.24) is 0 Å². The molecule has 0 spiro atoms. The molecule has 0 radical (unpaired) electrons. The molecule has 0 bridgehead atoms. The van der Waals surface area contributed by atoms with Gasteiger partial charge in [0.1, 0.15) is 10.7 Å². The lowest BCUT2D eigenvalue weighted by Crippen LogP contribution is -2.17. The van der Waals surface area contributed by atoms with E-state index in [1.807, 2.05) is 0 Å². The standard InChI is InChI=1S/C13H6F7NO2S/c14-7-3-6(13(18,19)20)4-8(5-7)21-24(22,23)10-2-1-9(15)11(16)12(10)17/h1-5,21H. The van der Waals surface area contributed by atoms with Gasteiger partial charge in [-0.15, -0.1) is 0 Å². The molecule has 0 heterocycles. The number of alkyl halides is 3. The summed E-state index contributed by atoms with van der Waals surface area (Å²) in [5.41, 5.74) is -2.36. The van der Waals surface area contributed by atoms with Crippen LogP contribution < -0.4 is 4.72 Å². The zero-order chi connectivity index (χ0) is 18.3. The van der Waals surface area contributed by atoms with E-state index in [9.17, 15) is 39.2 Å². The molecule has 0 aromatic heterocycles. The number of sulfonamides is 1. The fourth-order valence-corrected chi connectivity index (χ4v) is 2.85. The number of rotatable bonds is 3. The second-order valence-corrected chi connectivity index (χ2v) is 6.16. The van der Waals surface area contributed by atoms with E-state index in [1.165, 1.54) is 4.72 Å². The van der Waals surface area contributed by atoms with Crippen molar-refractivity contribution in [2.45, 2.75) is 11.1 Å². The summed E-state index contributed by atoms with van der Waals surface area (Å²) in [6.07, 6.45) is -4.96. The van der Waals surface area contributed by atoms with E-state index in [1.54, 1.807) is 0 Å². The number of benzene rings is 2. The van der Waals surface area contributed by atoms with Crippen LogP contribution >= 0.6 is 0 Å². The minimum atomic E-state index is -4.96. The van der Waals surface area contributed by atoms with E-state index in [4.69, 9.17) is 0 Å². The van der Waals surface area contributed by atoms with E-state index in [-0.39, 0.29) is 12.1 Å². The second kappa shape index (κ2) is 5.96. The van der Waals surface area contributed by atoms with Crippen molar-refractivity contribution in [2.75, 3.05) is 4.72 Å². The quantitative estimate of drug-likeness (QED) is 0.652. The highest BCUT2D eigenvalue weighted by Gasteiger charge is 2.32. The Morgan fingerprint density at radius 1 is 0.875 bits per heavy atom. The van der Waals surface area contributed by atoms with Gasteiger partial charge in [0.15, 0.2) is 17.5 Å². The van der Waals surface area contributed by atoms with Crippen molar-refractivity contribution in [3.8, 4) is 0 Å². The lowest BCUT2D eigenvalue weighted by molar-refractivity contribution is -0.137. The van der Waals surface area contributed by atoms with Crippen LogP contribution in [0.4, 0.5) is 36.4 Å². The Hall–Kier alpha value is -2.30. The number of hydrogen-bond donors (Lipinski definition) is 1. The van der Waals surface area contributed by atoms with Gasteiger partial charge in [-0.2, -0.15) is 13.2 Å². The smallest absolute Gasteiger partial charge is 0.279 e. The van der Waals surface area contributed by atoms with Crippen LogP contribution in [0.3, 0.4) is 0 Å². The number of halogens is 7. The first kappa shape index (κ1) is 18.0. The fraction of sp³-hybridized carbons (Fsp3) is 0.0769. The second-order valence-electron chi connectivity index (χ2n) is 4.51. The zero-order valence-corrected chi connectivity index (χ0v) is 12.1. The van der Waals surface area contributed by atoms with Crippen molar-refractivity contribution < 1.29 is 39.2 Å². The molecule has 24 heavy (non-hydrogen) atoms.